The number of hydrogen-bond donors (Lipinski definition) is 1. The maximum absolute atomic E-state index is 13.5. The lowest BCUT2D eigenvalue weighted by atomic mass is 9.86. The van der Waals surface area contributed by atoms with E-state index in [0.29, 0.717) is 5.92 Å². The molecule has 0 bridgehead atoms. The highest BCUT2D eigenvalue weighted by atomic mass is 19.1. The molecule has 2 aliphatic rings. The maximum atomic E-state index is 13.5. The van der Waals surface area contributed by atoms with Gasteiger partial charge in [-0.2, -0.15) is 0 Å². The Labute approximate surface area is 119 Å². The molecule has 110 valence electrons. The zero-order valence-corrected chi connectivity index (χ0v) is 11.9. The summed E-state index contributed by atoms with van der Waals surface area (Å²) in [6, 6.07) is 5.11. The van der Waals surface area contributed by atoms with Gasteiger partial charge in [0, 0.05) is 25.2 Å². The van der Waals surface area contributed by atoms with Crippen LogP contribution < -0.4 is 15.4 Å². The van der Waals surface area contributed by atoms with Crippen LogP contribution in [0.25, 0.3) is 0 Å². The lowest BCUT2D eigenvalue weighted by Gasteiger charge is -2.33. The van der Waals surface area contributed by atoms with Crippen molar-refractivity contribution in [3.8, 4) is 5.75 Å². The van der Waals surface area contributed by atoms with Gasteiger partial charge < -0.3 is 15.4 Å². The summed E-state index contributed by atoms with van der Waals surface area (Å²) in [5.74, 6) is 1.29. The van der Waals surface area contributed by atoms with Crippen molar-refractivity contribution in [1.82, 2.24) is 0 Å². The van der Waals surface area contributed by atoms with Gasteiger partial charge in [0.1, 0.15) is 11.6 Å². The lowest BCUT2D eigenvalue weighted by molar-refractivity contribution is 0.180. The van der Waals surface area contributed by atoms with Gasteiger partial charge >= 0.3 is 0 Å². The molecule has 1 aromatic rings. The molecule has 1 aliphatic heterocycles. The van der Waals surface area contributed by atoms with Crippen LogP contribution in [0.5, 0.6) is 5.75 Å². The van der Waals surface area contributed by atoms with Gasteiger partial charge in [0.25, 0.3) is 0 Å². The van der Waals surface area contributed by atoms with E-state index in [1.54, 1.807) is 12.1 Å². The molecule has 4 heteroatoms. The summed E-state index contributed by atoms with van der Waals surface area (Å²) in [5.41, 5.74) is 6.82. The van der Waals surface area contributed by atoms with Crippen molar-refractivity contribution in [2.24, 2.45) is 11.7 Å². The van der Waals surface area contributed by atoms with Crippen LogP contribution in [0.2, 0.25) is 0 Å². The monoisotopic (exact) mass is 278 g/mol. The Morgan fingerprint density at radius 1 is 1.20 bits per heavy atom. The molecule has 0 radical (unpaired) electrons. The first-order valence-electron chi connectivity index (χ1n) is 7.65. The molecular formula is C16H23FN2O. The van der Waals surface area contributed by atoms with Gasteiger partial charge in [-0.05, 0) is 43.7 Å². The molecule has 1 saturated carbocycles. The highest BCUT2D eigenvalue weighted by molar-refractivity contribution is 5.59. The van der Waals surface area contributed by atoms with Crippen LogP contribution in [0.15, 0.2) is 18.2 Å². The van der Waals surface area contributed by atoms with Crippen LogP contribution in [0.1, 0.15) is 32.1 Å². The summed E-state index contributed by atoms with van der Waals surface area (Å²) in [6.07, 6.45) is 5.75. The molecule has 0 atom stereocenters. The largest absolute Gasteiger partial charge is 0.491 e. The SMILES string of the molecule is NC1CCN(c2cc(F)ccc2OCC2CCC2)CC1. The van der Waals surface area contributed by atoms with Gasteiger partial charge in [0.15, 0.2) is 0 Å². The lowest BCUT2D eigenvalue weighted by Crippen LogP contribution is -2.39. The zero-order chi connectivity index (χ0) is 13.9. The summed E-state index contributed by atoms with van der Waals surface area (Å²) < 4.78 is 19.5. The molecule has 1 aliphatic carbocycles. The second-order valence-corrected chi connectivity index (χ2v) is 6.04. The number of halogens is 1. The Morgan fingerprint density at radius 2 is 1.95 bits per heavy atom. The van der Waals surface area contributed by atoms with Crippen LogP contribution in [0, 0.1) is 11.7 Å². The van der Waals surface area contributed by atoms with Crippen molar-refractivity contribution < 1.29 is 9.13 Å². The highest BCUT2D eigenvalue weighted by Gasteiger charge is 2.22. The Bertz CT molecular complexity index is 454. The molecular weight excluding hydrogens is 255 g/mol. The van der Waals surface area contributed by atoms with E-state index in [2.05, 4.69) is 4.90 Å². The molecule has 3 nitrogen and oxygen atoms in total. The Morgan fingerprint density at radius 3 is 2.60 bits per heavy atom. The second-order valence-electron chi connectivity index (χ2n) is 6.04. The summed E-state index contributed by atoms with van der Waals surface area (Å²) >= 11 is 0. The standard InChI is InChI=1S/C16H23FN2O/c17-13-4-5-16(20-11-12-2-1-3-12)15(10-13)19-8-6-14(18)7-9-19/h4-5,10,12,14H,1-3,6-9,11,18H2. The molecule has 20 heavy (non-hydrogen) atoms. The third kappa shape index (κ3) is 3.06. The topological polar surface area (TPSA) is 38.5 Å². The first-order chi connectivity index (χ1) is 9.72. The molecule has 1 saturated heterocycles. The summed E-state index contributed by atoms with van der Waals surface area (Å²) in [5, 5.41) is 0. The maximum Gasteiger partial charge on any atom is 0.142 e. The van der Waals surface area contributed by atoms with Gasteiger partial charge in [-0.3, -0.25) is 0 Å². The van der Waals surface area contributed by atoms with E-state index < -0.39 is 0 Å². The van der Waals surface area contributed by atoms with Crippen LogP contribution >= 0.6 is 0 Å². The van der Waals surface area contributed by atoms with Crippen molar-refractivity contribution >= 4 is 5.69 Å². The molecule has 0 aromatic heterocycles. The predicted octanol–water partition coefficient (Wildman–Crippen LogP) is 2.93. The van der Waals surface area contributed by atoms with Crippen LogP contribution in [0.3, 0.4) is 0 Å². The summed E-state index contributed by atoms with van der Waals surface area (Å²) in [6.45, 7) is 2.51. The molecule has 3 rings (SSSR count). The second kappa shape index (κ2) is 6.00. The van der Waals surface area contributed by atoms with E-state index in [1.807, 2.05) is 0 Å². The number of anilines is 1. The number of nitrogens with two attached hydrogens (primary N) is 1. The number of hydrogen-bond acceptors (Lipinski definition) is 3. The quantitative estimate of drug-likeness (QED) is 0.920. The average Bonchev–Trinajstić information content (AvgIpc) is 2.39. The predicted molar refractivity (Wildman–Crippen MR) is 78.7 cm³/mol. The fourth-order valence-corrected chi connectivity index (χ4v) is 2.87. The summed E-state index contributed by atoms with van der Waals surface area (Å²) in [7, 11) is 0. The first kappa shape index (κ1) is 13.7. The van der Waals surface area contributed by atoms with Gasteiger partial charge in [-0.25, -0.2) is 4.39 Å². The van der Waals surface area contributed by atoms with E-state index in [-0.39, 0.29) is 11.9 Å². The number of ether oxygens (including phenoxy) is 1. The zero-order valence-electron chi connectivity index (χ0n) is 11.9. The van der Waals surface area contributed by atoms with E-state index in [0.717, 1.165) is 44.0 Å². The van der Waals surface area contributed by atoms with Gasteiger partial charge in [0.2, 0.25) is 0 Å². The molecule has 1 heterocycles. The Balaban J connectivity index is 1.71. The minimum absolute atomic E-state index is 0.203. The van der Waals surface area contributed by atoms with E-state index >= 15 is 0 Å². The molecule has 1 aromatic carbocycles. The van der Waals surface area contributed by atoms with Gasteiger partial charge in [-0.1, -0.05) is 6.42 Å². The van der Waals surface area contributed by atoms with Crippen molar-refractivity contribution in [2.45, 2.75) is 38.1 Å². The Hall–Kier alpha value is -1.29. The van der Waals surface area contributed by atoms with Crippen LogP contribution in [-0.2, 0) is 0 Å². The van der Waals surface area contributed by atoms with Crippen molar-refractivity contribution in [3.63, 3.8) is 0 Å². The van der Waals surface area contributed by atoms with Crippen LogP contribution in [0.4, 0.5) is 10.1 Å². The van der Waals surface area contributed by atoms with E-state index in [9.17, 15) is 4.39 Å². The number of nitrogens with zero attached hydrogens (tertiary/aromatic N) is 1. The molecule has 0 amide bonds. The normalized spacial score (nSPS) is 20.8. The minimum Gasteiger partial charge on any atom is -0.491 e. The van der Waals surface area contributed by atoms with Crippen molar-refractivity contribution in [2.75, 3.05) is 24.6 Å². The minimum atomic E-state index is -0.203. The van der Waals surface area contributed by atoms with Crippen molar-refractivity contribution in [3.05, 3.63) is 24.0 Å². The van der Waals surface area contributed by atoms with Gasteiger partial charge in [-0.15, -0.1) is 0 Å². The molecule has 0 spiro atoms. The fraction of sp³-hybridized carbons (Fsp3) is 0.625. The van der Waals surface area contributed by atoms with E-state index in [1.165, 1.54) is 25.3 Å². The van der Waals surface area contributed by atoms with Crippen molar-refractivity contribution in [1.29, 1.82) is 0 Å². The number of benzene rings is 1. The number of piperidine rings is 1. The van der Waals surface area contributed by atoms with Crippen LogP contribution in [-0.4, -0.2) is 25.7 Å². The smallest absolute Gasteiger partial charge is 0.142 e. The molecule has 0 unspecified atom stereocenters. The highest BCUT2D eigenvalue weighted by Crippen LogP contribution is 2.33. The molecule has 2 N–H and O–H groups in total. The molecule has 2 fully saturated rings. The number of rotatable bonds is 4. The Kier molecular flexibility index (Phi) is 4.10. The van der Waals surface area contributed by atoms with Gasteiger partial charge in [0.05, 0.1) is 12.3 Å². The van der Waals surface area contributed by atoms with E-state index in [4.69, 9.17) is 10.5 Å². The third-order valence-electron chi connectivity index (χ3n) is 4.50. The third-order valence-corrected chi connectivity index (χ3v) is 4.50. The average molecular weight is 278 g/mol. The fourth-order valence-electron chi connectivity index (χ4n) is 2.87. The first-order valence-corrected chi connectivity index (χ1v) is 7.65. The summed E-state index contributed by atoms with van der Waals surface area (Å²) in [4.78, 5) is 2.20.